The molecular formula is C7H4Br2F2S. The molecule has 0 fully saturated rings. The first-order valence-corrected chi connectivity index (χ1v) is 5.76. The normalized spacial score (nSPS) is 10.4. The Morgan fingerprint density at radius 1 is 1.17 bits per heavy atom. The van der Waals surface area contributed by atoms with Crippen molar-refractivity contribution in [3.63, 3.8) is 0 Å². The molecule has 12 heavy (non-hydrogen) atoms. The molecular weight excluding hydrogens is 314 g/mol. The summed E-state index contributed by atoms with van der Waals surface area (Å²) < 4.78 is 26.8. The van der Waals surface area contributed by atoms with Crippen molar-refractivity contribution in [3.05, 3.63) is 26.6 Å². The number of hydrogen-bond donors (Lipinski definition) is 0. The lowest BCUT2D eigenvalue weighted by Gasteiger charge is -2.04. The van der Waals surface area contributed by atoms with Gasteiger partial charge in [0, 0.05) is 0 Å². The van der Waals surface area contributed by atoms with Gasteiger partial charge in [0.15, 0.2) is 11.6 Å². The molecule has 0 heterocycles. The molecule has 0 spiro atoms. The molecule has 5 heteroatoms. The van der Waals surface area contributed by atoms with Crippen LogP contribution in [0.1, 0.15) is 0 Å². The summed E-state index contributed by atoms with van der Waals surface area (Å²) in [6.45, 7) is 0. The second kappa shape index (κ2) is 4.07. The summed E-state index contributed by atoms with van der Waals surface area (Å²) in [5.74, 6) is -1.11. The van der Waals surface area contributed by atoms with Crippen LogP contribution in [-0.4, -0.2) is 6.26 Å². The maximum atomic E-state index is 13.1. The van der Waals surface area contributed by atoms with Gasteiger partial charge >= 0.3 is 0 Å². The summed E-state index contributed by atoms with van der Waals surface area (Å²) in [4.78, 5) is 0.0243. The minimum Gasteiger partial charge on any atom is -0.204 e. The zero-order valence-corrected chi connectivity index (χ0v) is 9.99. The first-order chi connectivity index (χ1) is 5.57. The van der Waals surface area contributed by atoms with Gasteiger partial charge in [0.2, 0.25) is 0 Å². The van der Waals surface area contributed by atoms with Crippen LogP contribution in [0.2, 0.25) is 0 Å². The minimum absolute atomic E-state index is 0.0243. The van der Waals surface area contributed by atoms with Crippen molar-refractivity contribution in [1.82, 2.24) is 0 Å². The molecule has 0 aliphatic carbocycles. The molecule has 1 aromatic rings. The summed E-state index contributed by atoms with van der Waals surface area (Å²) in [7, 11) is 0. The Hall–Kier alpha value is 0.390. The monoisotopic (exact) mass is 316 g/mol. The lowest BCUT2D eigenvalue weighted by molar-refractivity contribution is 0.532. The van der Waals surface area contributed by atoms with Crippen molar-refractivity contribution in [1.29, 1.82) is 0 Å². The van der Waals surface area contributed by atoms with E-state index in [0.717, 1.165) is 11.8 Å². The fourth-order valence-electron chi connectivity index (χ4n) is 0.730. The van der Waals surface area contributed by atoms with Crippen LogP contribution in [0.5, 0.6) is 0 Å². The zero-order valence-electron chi connectivity index (χ0n) is 6.00. The van der Waals surface area contributed by atoms with E-state index >= 15 is 0 Å². The maximum absolute atomic E-state index is 13.1. The summed E-state index contributed by atoms with van der Waals surface area (Å²) in [5, 5.41) is 0. The van der Waals surface area contributed by atoms with Gasteiger partial charge in [-0.25, -0.2) is 8.78 Å². The van der Waals surface area contributed by atoms with E-state index in [0.29, 0.717) is 0 Å². The SMILES string of the molecule is CSc1c(F)c(Br)cc(Br)c1F. The topological polar surface area (TPSA) is 0 Å². The highest BCUT2D eigenvalue weighted by molar-refractivity contribution is 9.11. The smallest absolute Gasteiger partial charge is 0.153 e. The molecule has 0 bridgehead atoms. The van der Waals surface area contributed by atoms with Crippen molar-refractivity contribution < 1.29 is 8.78 Å². The summed E-state index contributed by atoms with van der Waals surface area (Å²) >= 11 is 7.01. The quantitative estimate of drug-likeness (QED) is 0.552. The maximum Gasteiger partial charge on any atom is 0.153 e. The predicted molar refractivity (Wildman–Crippen MR) is 53.5 cm³/mol. The number of rotatable bonds is 1. The summed E-state index contributed by atoms with van der Waals surface area (Å²) in [6.07, 6.45) is 1.63. The number of hydrogen-bond acceptors (Lipinski definition) is 1. The van der Waals surface area contributed by atoms with Crippen LogP contribution in [0.15, 0.2) is 19.9 Å². The molecule has 0 saturated carbocycles. The third kappa shape index (κ3) is 1.83. The lowest BCUT2D eigenvalue weighted by atomic mass is 10.3. The van der Waals surface area contributed by atoms with Crippen molar-refractivity contribution in [3.8, 4) is 0 Å². The molecule has 0 radical (unpaired) electrons. The van der Waals surface area contributed by atoms with E-state index in [1.54, 1.807) is 6.26 Å². The third-order valence-electron chi connectivity index (χ3n) is 1.28. The molecule has 0 nitrogen and oxygen atoms in total. The second-order valence-corrected chi connectivity index (χ2v) is 4.53. The van der Waals surface area contributed by atoms with Gasteiger partial charge in [-0.1, -0.05) is 0 Å². The third-order valence-corrected chi connectivity index (χ3v) is 3.20. The Morgan fingerprint density at radius 3 is 1.92 bits per heavy atom. The molecule has 0 unspecified atom stereocenters. The van der Waals surface area contributed by atoms with Crippen molar-refractivity contribution in [2.75, 3.05) is 6.26 Å². The van der Waals surface area contributed by atoms with Gasteiger partial charge in [0.1, 0.15) is 0 Å². The summed E-state index contributed by atoms with van der Waals surface area (Å²) in [6, 6.07) is 1.35. The van der Waals surface area contributed by atoms with Crippen LogP contribution in [-0.2, 0) is 0 Å². The Labute approximate surface area is 90.0 Å². The van der Waals surface area contributed by atoms with Gasteiger partial charge in [-0.2, -0.15) is 0 Å². The van der Waals surface area contributed by atoms with Crippen LogP contribution in [0.25, 0.3) is 0 Å². The predicted octanol–water partition coefficient (Wildman–Crippen LogP) is 4.21. The highest BCUT2D eigenvalue weighted by Crippen LogP contribution is 2.33. The van der Waals surface area contributed by atoms with Gasteiger partial charge in [0.25, 0.3) is 0 Å². The molecule has 0 aromatic heterocycles. The first-order valence-electron chi connectivity index (χ1n) is 2.95. The molecule has 0 saturated heterocycles. The lowest BCUT2D eigenvalue weighted by Crippen LogP contribution is -1.89. The Kier molecular flexibility index (Phi) is 3.55. The van der Waals surface area contributed by atoms with Crippen LogP contribution in [0, 0.1) is 11.6 Å². The minimum atomic E-state index is -0.553. The van der Waals surface area contributed by atoms with Gasteiger partial charge < -0.3 is 0 Å². The van der Waals surface area contributed by atoms with E-state index in [4.69, 9.17) is 0 Å². The van der Waals surface area contributed by atoms with Gasteiger partial charge in [-0.05, 0) is 44.2 Å². The Bertz CT molecular complexity index is 289. The van der Waals surface area contributed by atoms with Crippen molar-refractivity contribution in [2.45, 2.75) is 4.90 Å². The zero-order chi connectivity index (χ0) is 9.30. The average molecular weight is 318 g/mol. The van der Waals surface area contributed by atoms with Gasteiger partial charge in [0.05, 0.1) is 13.8 Å². The van der Waals surface area contributed by atoms with Crippen LogP contribution >= 0.6 is 43.6 Å². The van der Waals surface area contributed by atoms with E-state index < -0.39 is 11.6 Å². The fraction of sp³-hybridized carbons (Fsp3) is 0.143. The van der Waals surface area contributed by atoms with E-state index in [-0.39, 0.29) is 13.8 Å². The fourth-order valence-corrected chi connectivity index (χ4v) is 2.73. The first kappa shape index (κ1) is 10.5. The summed E-state index contributed by atoms with van der Waals surface area (Å²) in [5.41, 5.74) is 0. The van der Waals surface area contributed by atoms with E-state index in [1.165, 1.54) is 6.07 Å². The highest BCUT2D eigenvalue weighted by Gasteiger charge is 2.14. The molecule has 0 atom stereocenters. The van der Waals surface area contributed by atoms with Crippen molar-refractivity contribution in [2.24, 2.45) is 0 Å². The van der Waals surface area contributed by atoms with Crippen molar-refractivity contribution >= 4 is 43.6 Å². The average Bonchev–Trinajstić information content (AvgIpc) is 2.02. The Balaban J connectivity index is 3.42. The Morgan fingerprint density at radius 2 is 1.58 bits per heavy atom. The number of halogens is 4. The van der Waals surface area contributed by atoms with Crippen LogP contribution in [0.4, 0.5) is 8.78 Å². The van der Waals surface area contributed by atoms with Crippen LogP contribution in [0.3, 0.4) is 0 Å². The molecule has 0 aliphatic rings. The second-order valence-electron chi connectivity index (χ2n) is 2.00. The molecule has 0 N–H and O–H groups in total. The molecule has 66 valence electrons. The van der Waals surface area contributed by atoms with E-state index in [9.17, 15) is 8.78 Å². The molecule has 0 amide bonds. The van der Waals surface area contributed by atoms with E-state index in [1.807, 2.05) is 0 Å². The molecule has 1 rings (SSSR count). The number of thioether (sulfide) groups is 1. The van der Waals surface area contributed by atoms with E-state index in [2.05, 4.69) is 31.9 Å². The number of benzene rings is 1. The largest absolute Gasteiger partial charge is 0.204 e. The van der Waals surface area contributed by atoms with Crippen LogP contribution < -0.4 is 0 Å². The standard InChI is InChI=1S/C7H4Br2F2S/c1-12-7-5(10)3(8)2-4(9)6(7)11/h2H,1H3. The molecule has 0 aliphatic heterocycles. The van der Waals surface area contributed by atoms with Gasteiger partial charge in [-0.3, -0.25) is 0 Å². The van der Waals surface area contributed by atoms with Gasteiger partial charge in [-0.15, -0.1) is 11.8 Å². The highest BCUT2D eigenvalue weighted by atomic mass is 79.9. The molecule has 1 aromatic carbocycles.